The molecule has 0 aliphatic heterocycles. The molecule has 0 aliphatic carbocycles. The maximum atomic E-state index is 11.9. The van der Waals surface area contributed by atoms with Gasteiger partial charge < -0.3 is 5.32 Å². The smallest absolute Gasteiger partial charge is 0.164 e. The summed E-state index contributed by atoms with van der Waals surface area (Å²) in [6.45, 7) is 7.04. The molecule has 82 valence electrons. The Balaban J connectivity index is 2.64. The lowest BCUT2D eigenvalue weighted by Gasteiger charge is -2.24. The maximum absolute atomic E-state index is 11.9. The molecular formula is C13H19NO. The normalized spacial score (nSPS) is 11.4. The fraction of sp³-hybridized carbons (Fsp3) is 0.462. The Labute approximate surface area is 91.7 Å². The van der Waals surface area contributed by atoms with Gasteiger partial charge in [0, 0.05) is 17.5 Å². The van der Waals surface area contributed by atoms with E-state index in [2.05, 4.69) is 26.1 Å². The Morgan fingerprint density at radius 2 is 1.87 bits per heavy atom. The number of nitrogens with one attached hydrogen (secondary N) is 1. The second kappa shape index (κ2) is 5.08. The molecule has 0 atom stereocenters. The molecule has 0 spiro atoms. The van der Waals surface area contributed by atoms with Crippen LogP contribution in [0.5, 0.6) is 0 Å². The van der Waals surface area contributed by atoms with Gasteiger partial charge in [0.25, 0.3) is 0 Å². The van der Waals surface area contributed by atoms with E-state index in [0.717, 1.165) is 12.1 Å². The van der Waals surface area contributed by atoms with E-state index in [4.69, 9.17) is 0 Å². The highest BCUT2D eigenvalue weighted by molar-refractivity contribution is 5.96. The van der Waals surface area contributed by atoms with Crippen LogP contribution in [0.4, 0.5) is 0 Å². The van der Waals surface area contributed by atoms with E-state index in [0.29, 0.717) is 6.42 Å². The lowest BCUT2D eigenvalue weighted by Crippen LogP contribution is -2.40. The van der Waals surface area contributed by atoms with Gasteiger partial charge in [-0.2, -0.15) is 0 Å². The molecule has 2 nitrogen and oxygen atoms in total. The molecule has 0 bridgehead atoms. The first-order chi connectivity index (χ1) is 7.05. The molecule has 1 aromatic carbocycles. The van der Waals surface area contributed by atoms with E-state index in [-0.39, 0.29) is 11.3 Å². The van der Waals surface area contributed by atoms with Gasteiger partial charge in [0.15, 0.2) is 5.78 Å². The molecular weight excluding hydrogens is 186 g/mol. The lowest BCUT2D eigenvalue weighted by atomic mass is 9.94. The summed E-state index contributed by atoms with van der Waals surface area (Å²) in [7, 11) is 0. The minimum absolute atomic E-state index is 0.123. The summed E-state index contributed by atoms with van der Waals surface area (Å²) >= 11 is 0. The van der Waals surface area contributed by atoms with Crippen molar-refractivity contribution >= 4 is 5.78 Å². The molecule has 2 heteroatoms. The molecule has 1 rings (SSSR count). The van der Waals surface area contributed by atoms with Gasteiger partial charge in [-0.25, -0.2) is 0 Å². The van der Waals surface area contributed by atoms with E-state index in [1.807, 2.05) is 30.3 Å². The Kier molecular flexibility index (Phi) is 4.04. The van der Waals surface area contributed by atoms with Gasteiger partial charge in [-0.1, -0.05) is 37.3 Å². The van der Waals surface area contributed by atoms with E-state index < -0.39 is 0 Å². The van der Waals surface area contributed by atoms with Crippen LogP contribution in [-0.4, -0.2) is 17.9 Å². The molecule has 0 amide bonds. The summed E-state index contributed by atoms with van der Waals surface area (Å²) in [4.78, 5) is 11.9. The fourth-order valence-corrected chi connectivity index (χ4v) is 1.67. The number of carbonyl (C=O) groups excluding carboxylic acids is 1. The van der Waals surface area contributed by atoms with Crippen molar-refractivity contribution in [2.45, 2.75) is 32.7 Å². The first kappa shape index (κ1) is 11.9. The van der Waals surface area contributed by atoms with E-state index in [1.165, 1.54) is 0 Å². The molecule has 0 unspecified atom stereocenters. The molecule has 0 fully saturated rings. The Morgan fingerprint density at radius 3 is 2.40 bits per heavy atom. The van der Waals surface area contributed by atoms with Gasteiger partial charge in [-0.15, -0.1) is 0 Å². The second-order valence-electron chi connectivity index (χ2n) is 4.38. The van der Waals surface area contributed by atoms with Crippen LogP contribution in [-0.2, 0) is 0 Å². The molecule has 0 aliphatic rings. The molecule has 0 saturated heterocycles. The third-order valence-corrected chi connectivity index (χ3v) is 2.35. The fourth-order valence-electron chi connectivity index (χ4n) is 1.67. The van der Waals surface area contributed by atoms with E-state index in [1.54, 1.807) is 0 Å². The van der Waals surface area contributed by atoms with Crippen molar-refractivity contribution in [1.29, 1.82) is 0 Å². The van der Waals surface area contributed by atoms with Crippen LogP contribution in [0.3, 0.4) is 0 Å². The zero-order valence-corrected chi connectivity index (χ0v) is 9.71. The Morgan fingerprint density at radius 1 is 1.27 bits per heavy atom. The molecule has 0 heterocycles. The van der Waals surface area contributed by atoms with Crippen molar-refractivity contribution in [2.24, 2.45) is 0 Å². The van der Waals surface area contributed by atoms with Crippen LogP contribution < -0.4 is 5.32 Å². The van der Waals surface area contributed by atoms with E-state index in [9.17, 15) is 4.79 Å². The number of carbonyl (C=O) groups is 1. The zero-order chi connectivity index (χ0) is 11.3. The molecule has 1 aromatic rings. The van der Waals surface area contributed by atoms with Crippen LogP contribution in [0.1, 0.15) is 37.6 Å². The van der Waals surface area contributed by atoms with Gasteiger partial charge in [0.2, 0.25) is 0 Å². The summed E-state index contributed by atoms with van der Waals surface area (Å²) in [5.74, 6) is 0.196. The number of ketones is 1. The molecule has 0 saturated carbocycles. The zero-order valence-electron chi connectivity index (χ0n) is 9.71. The van der Waals surface area contributed by atoms with E-state index >= 15 is 0 Å². The van der Waals surface area contributed by atoms with Crippen molar-refractivity contribution in [2.75, 3.05) is 6.54 Å². The van der Waals surface area contributed by atoms with Crippen molar-refractivity contribution in [3.05, 3.63) is 35.9 Å². The summed E-state index contributed by atoms with van der Waals surface area (Å²) in [6.07, 6.45) is 0.533. The third-order valence-electron chi connectivity index (χ3n) is 2.35. The van der Waals surface area contributed by atoms with Crippen molar-refractivity contribution in [3.63, 3.8) is 0 Å². The monoisotopic (exact) mass is 205 g/mol. The quantitative estimate of drug-likeness (QED) is 0.749. The topological polar surface area (TPSA) is 29.1 Å². The van der Waals surface area contributed by atoms with Crippen LogP contribution in [0.15, 0.2) is 30.3 Å². The van der Waals surface area contributed by atoms with Crippen LogP contribution in [0.25, 0.3) is 0 Å². The minimum atomic E-state index is -0.123. The standard InChI is InChI=1S/C13H19NO/c1-4-14-13(2,3)10-12(15)11-8-6-5-7-9-11/h5-9,14H,4,10H2,1-3H3. The molecule has 0 radical (unpaired) electrons. The van der Waals surface area contributed by atoms with Crippen molar-refractivity contribution < 1.29 is 4.79 Å². The van der Waals surface area contributed by atoms with Gasteiger partial charge >= 0.3 is 0 Å². The molecule has 0 aromatic heterocycles. The number of benzene rings is 1. The second-order valence-corrected chi connectivity index (χ2v) is 4.38. The lowest BCUT2D eigenvalue weighted by molar-refractivity contribution is 0.0950. The van der Waals surface area contributed by atoms with Crippen molar-refractivity contribution in [1.82, 2.24) is 5.32 Å². The van der Waals surface area contributed by atoms with Gasteiger partial charge in [-0.3, -0.25) is 4.79 Å². The van der Waals surface area contributed by atoms with Crippen molar-refractivity contribution in [3.8, 4) is 0 Å². The highest BCUT2D eigenvalue weighted by Crippen LogP contribution is 2.13. The number of hydrogen-bond donors (Lipinski definition) is 1. The summed E-state index contributed by atoms with van der Waals surface area (Å²) < 4.78 is 0. The number of Topliss-reactive ketones (excluding diaryl/α,β-unsaturated/α-hetero) is 1. The summed E-state index contributed by atoms with van der Waals surface area (Å²) in [6, 6.07) is 9.45. The van der Waals surface area contributed by atoms with Gasteiger partial charge in [0.1, 0.15) is 0 Å². The Bertz CT molecular complexity index is 317. The van der Waals surface area contributed by atoms with Crippen LogP contribution in [0, 0.1) is 0 Å². The highest BCUT2D eigenvalue weighted by atomic mass is 16.1. The Hall–Kier alpha value is -1.15. The SMILES string of the molecule is CCNC(C)(C)CC(=O)c1ccccc1. The van der Waals surface area contributed by atoms with Crippen LogP contribution in [0.2, 0.25) is 0 Å². The molecule has 1 N–H and O–H groups in total. The molecule has 15 heavy (non-hydrogen) atoms. The maximum Gasteiger partial charge on any atom is 0.164 e. The average Bonchev–Trinajstić information content (AvgIpc) is 2.18. The largest absolute Gasteiger partial charge is 0.312 e. The summed E-state index contributed by atoms with van der Waals surface area (Å²) in [5, 5.41) is 3.30. The van der Waals surface area contributed by atoms with Gasteiger partial charge in [0.05, 0.1) is 0 Å². The predicted molar refractivity (Wildman–Crippen MR) is 63.1 cm³/mol. The average molecular weight is 205 g/mol. The highest BCUT2D eigenvalue weighted by Gasteiger charge is 2.20. The number of rotatable bonds is 5. The third kappa shape index (κ3) is 3.84. The van der Waals surface area contributed by atoms with Crippen LogP contribution >= 0.6 is 0 Å². The summed E-state index contributed by atoms with van der Waals surface area (Å²) in [5.41, 5.74) is 0.672. The predicted octanol–water partition coefficient (Wildman–Crippen LogP) is 2.65. The number of hydrogen-bond acceptors (Lipinski definition) is 2. The first-order valence-electron chi connectivity index (χ1n) is 5.38. The first-order valence-corrected chi connectivity index (χ1v) is 5.38. The van der Waals surface area contributed by atoms with Gasteiger partial charge in [-0.05, 0) is 20.4 Å². The minimum Gasteiger partial charge on any atom is -0.312 e.